The summed E-state index contributed by atoms with van der Waals surface area (Å²) in [6.07, 6.45) is 3.05. The Hall–Kier alpha value is -2.04. The van der Waals surface area contributed by atoms with Gasteiger partial charge in [-0.3, -0.25) is 9.59 Å². The molecule has 1 aliphatic heterocycles. The summed E-state index contributed by atoms with van der Waals surface area (Å²) >= 11 is 0. The molecule has 0 unspecified atom stereocenters. The molecule has 2 N–H and O–H groups in total. The Morgan fingerprint density at radius 3 is 2.75 bits per heavy atom. The number of carbonyl (C=O) groups excluding carboxylic acids is 2. The van der Waals surface area contributed by atoms with Crippen molar-refractivity contribution in [2.24, 2.45) is 11.8 Å². The number of benzene rings is 1. The summed E-state index contributed by atoms with van der Waals surface area (Å²) in [6, 6.07) is 7.74. The summed E-state index contributed by atoms with van der Waals surface area (Å²) in [5.41, 5.74) is 1.02. The number of nitrogens with one attached hydrogen (secondary N) is 2. The Morgan fingerprint density at radius 1 is 1.29 bits per heavy atom. The molecule has 1 atom stereocenters. The van der Waals surface area contributed by atoms with E-state index in [0.29, 0.717) is 19.1 Å². The summed E-state index contributed by atoms with van der Waals surface area (Å²) < 4.78 is 5.64. The molecule has 1 saturated heterocycles. The van der Waals surface area contributed by atoms with Gasteiger partial charge in [-0.1, -0.05) is 32.4 Å². The number of rotatable bonds is 7. The molecule has 24 heavy (non-hydrogen) atoms. The summed E-state index contributed by atoms with van der Waals surface area (Å²) in [5.74, 6) is 1.07. The van der Waals surface area contributed by atoms with Crippen molar-refractivity contribution in [2.45, 2.75) is 46.1 Å². The van der Waals surface area contributed by atoms with E-state index in [0.717, 1.165) is 37.1 Å². The van der Waals surface area contributed by atoms with Crippen molar-refractivity contribution in [1.82, 2.24) is 10.6 Å². The number of amides is 2. The monoisotopic (exact) mass is 332 g/mol. The molecule has 1 aliphatic rings. The largest absolute Gasteiger partial charge is 0.493 e. The zero-order valence-corrected chi connectivity index (χ0v) is 14.6. The third kappa shape index (κ3) is 6.22. The fourth-order valence-electron chi connectivity index (χ4n) is 2.66. The van der Waals surface area contributed by atoms with E-state index in [1.54, 1.807) is 0 Å². The van der Waals surface area contributed by atoms with Crippen LogP contribution in [0, 0.1) is 11.8 Å². The highest BCUT2D eigenvalue weighted by atomic mass is 16.5. The van der Waals surface area contributed by atoms with Crippen LogP contribution in [0.1, 0.15) is 45.1 Å². The van der Waals surface area contributed by atoms with Crippen molar-refractivity contribution < 1.29 is 14.3 Å². The van der Waals surface area contributed by atoms with Crippen LogP contribution < -0.4 is 15.4 Å². The fraction of sp³-hybridized carbons (Fsp3) is 0.579. The molecule has 2 amide bonds. The van der Waals surface area contributed by atoms with Gasteiger partial charge in [0, 0.05) is 25.4 Å². The molecule has 132 valence electrons. The van der Waals surface area contributed by atoms with Gasteiger partial charge >= 0.3 is 0 Å². The van der Waals surface area contributed by atoms with Crippen LogP contribution in [0.4, 0.5) is 0 Å². The first-order chi connectivity index (χ1) is 11.5. The van der Waals surface area contributed by atoms with E-state index in [1.807, 2.05) is 24.3 Å². The molecule has 0 spiro atoms. The minimum atomic E-state index is -0.195. The summed E-state index contributed by atoms with van der Waals surface area (Å²) in [7, 11) is 0. The van der Waals surface area contributed by atoms with Crippen LogP contribution in [0.3, 0.4) is 0 Å². The molecule has 1 heterocycles. The number of ether oxygens (including phenoxy) is 1. The van der Waals surface area contributed by atoms with Crippen LogP contribution in [0.2, 0.25) is 0 Å². The van der Waals surface area contributed by atoms with E-state index in [-0.39, 0.29) is 24.2 Å². The Balaban J connectivity index is 1.75. The van der Waals surface area contributed by atoms with Crippen molar-refractivity contribution >= 4 is 11.8 Å². The molecule has 2 rings (SSSR count). The van der Waals surface area contributed by atoms with Gasteiger partial charge in [-0.05, 0) is 36.5 Å². The number of hydrogen-bond acceptors (Lipinski definition) is 3. The summed E-state index contributed by atoms with van der Waals surface area (Å²) in [5, 5.41) is 5.76. The van der Waals surface area contributed by atoms with Crippen molar-refractivity contribution in [3.05, 3.63) is 29.8 Å². The van der Waals surface area contributed by atoms with Gasteiger partial charge in [-0.15, -0.1) is 0 Å². The van der Waals surface area contributed by atoms with E-state index in [4.69, 9.17) is 4.74 Å². The lowest BCUT2D eigenvalue weighted by molar-refractivity contribution is -0.130. The summed E-state index contributed by atoms with van der Waals surface area (Å²) in [4.78, 5) is 23.9. The average Bonchev–Trinajstić information content (AvgIpc) is 2.77. The normalized spacial score (nSPS) is 18.0. The van der Waals surface area contributed by atoms with Crippen LogP contribution in [0.25, 0.3) is 0 Å². The fourth-order valence-corrected chi connectivity index (χ4v) is 2.66. The minimum absolute atomic E-state index is 0.00861. The van der Waals surface area contributed by atoms with E-state index in [9.17, 15) is 9.59 Å². The van der Waals surface area contributed by atoms with Crippen LogP contribution in [0.5, 0.6) is 5.75 Å². The maximum Gasteiger partial charge on any atom is 0.223 e. The Kier molecular flexibility index (Phi) is 7.09. The molecule has 0 aliphatic carbocycles. The Morgan fingerprint density at radius 2 is 2.04 bits per heavy atom. The van der Waals surface area contributed by atoms with Crippen molar-refractivity contribution in [3.63, 3.8) is 0 Å². The molecule has 1 aromatic carbocycles. The van der Waals surface area contributed by atoms with Gasteiger partial charge in [0.1, 0.15) is 5.75 Å². The average molecular weight is 332 g/mol. The third-order valence-corrected chi connectivity index (χ3v) is 4.08. The van der Waals surface area contributed by atoms with Gasteiger partial charge in [0.25, 0.3) is 0 Å². The molecule has 0 radical (unpaired) electrons. The van der Waals surface area contributed by atoms with Gasteiger partial charge < -0.3 is 15.4 Å². The smallest absolute Gasteiger partial charge is 0.223 e. The first-order valence-electron chi connectivity index (χ1n) is 8.80. The first kappa shape index (κ1) is 18.3. The molecular weight excluding hydrogens is 304 g/mol. The lowest BCUT2D eigenvalue weighted by Crippen LogP contribution is -2.33. The minimum Gasteiger partial charge on any atom is -0.493 e. The molecule has 5 heteroatoms. The van der Waals surface area contributed by atoms with E-state index < -0.39 is 0 Å². The number of carbonyl (C=O) groups is 2. The maximum atomic E-state index is 12.1. The number of hydrogen-bond donors (Lipinski definition) is 2. The van der Waals surface area contributed by atoms with Gasteiger partial charge in [-0.2, -0.15) is 0 Å². The van der Waals surface area contributed by atoms with Crippen molar-refractivity contribution in [1.29, 1.82) is 0 Å². The van der Waals surface area contributed by atoms with Gasteiger partial charge in [0.15, 0.2) is 0 Å². The second-order valence-corrected chi connectivity index (χ2v) is 6.81. The van der Waals surface area contributed by atoms with Crippen LogP contribution in [0.15, 0.2) is 24.3 Å². The summed E-state index contributed by atoms with van der Waals surface area (Å²) in [6.45, 7) is 6.11. The molecule has 5 nitrogen and oxygen atoms in total. The maximum absolute atomic E-state index is 12.1. The molecule has 0 bridgehead atoms. The highest BCUT2D eigenvalue weighted by Gasteiger charge is 2.23. The second-order valence-electron chi connectivity index (χ2n) is 6.81. The van der Waals surface area contributed by atoms with Gasteiger partial charge in [0.05, 0.1) is 6.61 Å². The van der Waals surface area contributed by atoms with Gasteiger partial charge in [0.2, 0.25) is 11.8 Å². The highest BCUT2D eigenvalue weighted by molar-refractivity contribution is 5.85. The Labute approximate surface area is 144 Å². The first-order valence-corrected chi connectivity index (χ1v) is 8.80. The highest BCUT2D eigenvalue weighted by Crippen LogP contribution is 2.16. The second kappa shape index (κ2) is 9.30. The topological polar surface area (TPSA) is 67.4 Å². The van der Waals surface area contributed by atoms with Crippen LogP contribution in [-0.2, 0) is 16.1 Å². The standard InChI is InChI=1S/C19H28N2O3/c1-14(2)13-24-17-8-6-15(7-9-17)12-21-18(22)11-16-5-3-4-10-20-19(16)23/h6-9,14,16H,3-5,10-13H2,1-2H3,(H,20,23)(H,21,22)/t16-/m0/s1. The van der Waals surface area contributed by atoms with E-state index in [2.05, 4.69) is 24.5 Å². The van der Waals surface area contributed by atoms with E-state index >= 15 is 0 Å². The van der Waals surface area contributed by atoms with Crippen molar-refractivity contribution in [3.8, 4) is 5.75 Å². The zero-order valence-electron chi connectivity index (χ0n) is 14.6. The van der Waals surface area contributed by atoms with Gasteiger partial charge in [-0.25, -0.2) is 0 Å². The molecular formula is C19H28N2O3. The van der Waals surface area contributed by atoms with E-state index in [1.165, 1.54) is 0 Å². The van der Waals surface area contributed by atoms with Crippen LogP contribution >= 0.6 is 0 Å². The molecule has 1 aromatic rings. The predicted molar refractivity (Wildman–Crippen MR) is 93.6 cm³/mol. The predicted octanol–water partition coefficient (Wildman–Crippen LogP) is 2.64. The van der Waals surface area contributed by atoms with Crippen LogP contribution in [-0.4, -0.2) is 25.0 Å². The third-order valence-electron chi connectivity index (χ3n) is 4.08. The van der Waals surface area contributed by atoms with Crippen molar-refractivity contribution in [2.75, 3.05) is 13.2 Å². The molecule has 0 aromatic heterocycles. The lowest BCUT2D eigenvalue weighted by Gasteiger charge is -2.13. The Bertz CT molecular complexity index is 540. The molecule has 1 fully saturated rings. The molecule has 0 saturated carbocycles. The quantitative estimate of drug-likeness (QED) is 0.806. The lowest BCUT2D eigenvalue weighted by atomic mass is 9.98. The zero-order chi connectivity index (χ0) is 17.4. The SMILES string of the molecule is CC(C)COc1ccc(CNC(=O)C[C@@H]2CCCCNC2=O)cc1.